The van der Waals surface area contributed by atoms with E-state index in [4.69, 9.17) is 4.42 Å². The number of phenols is 1. The molecule has 110 valence electrons. The minimum atomic E-state index is -1.13. The van der Waals surface area contributed by atoms with Gasteiger partial charge in [-0.2, -0.15) is 0 Å². The molecule has 0 aliphatic carbocycles. The second kappa shape index (κ2) is 6.13. The van der Waals surface area contributed by atoms with E-state index >= 15 is 0 Å². The van der Waals surface area contributed by atoms with Gasteiger partial charge >= 0.3 is 5.97 Å². The van der Waals surface area contributed by atoms with Crippen molar-refractivity contribution in [1.82, 2.24) is 5.32 Å². The van der Waals surface area contributed by atoms with Crippen LogP contribution in [0.15, 0.2) is 41.0 Å². The van der Waals surface area contributed by atoms with E-state index in [1.807, 2.05) is 0 Å². The zero-order valence-electron chi connectivity index (χ0n) is 11.4. The Morgan fingerprint density at radius 3 is 2.43 bits per heavy atom. The Morgan fingerprint density at radius 1 is 1.24 bits per heavy atom. The molecule has 0 aliphatic rings. The molecule has 0 fully saturated rings. The number of amides is 1. The van der Waals surface area contributed by atoms with Crippen LogP contribution in [0.25, 0.3) is 0 Å². The van der Waals surface area contributed by atoms with Gasteiger partial charge < -0.3 is 19.9 Å². The molecule has 21 heavy (non-hydrogen) atoms. The number of benzene rings is 1. The van der Waals surface area contributed by atoms with Crippen LogP contribution in [0.3, 0.4) is 0 Å². The van der Waals surface area contributed by atoms with Crippen LogP contribution in [0.1, 0.15) is 21.7 Å². The maximum atomic E-state index is 12.0. The Morgan fingerprint density at radius 2 is 1.90 bits per heavy atom. The highest BCUT2D eigenvalue weighted by atomic mass is 16.4. The molecule has 0 spiro atoms. The lowest BCUT2D eigenvalue weighted by Gasteiger charge is -2.14. The second-order valence-corrected chi connectivity index (χ2v) is 4.63. The number of phenolic OH excluding ortho intramolecular Hbond substituents is 1. The summed E-state index contributed by atoms with van der Waals surface area (Å²) in [4.78, 5) is 23.3. The van der Waals surface area contributed by atoms with Crippen LogP contribution < -0.4 is 5.32 Å². The summed E-state index contributed by atoms with van der Waals surface area (Å²) in [6.07, 6.45) is 1.50. The summed E-state index contributed by atoms with van der Waals surface area (Å²) in [5.41, 5.74) is 1.01. The van der Waals surface area contributed by atoms with Gasteiger partial charge in [-0.15, -0.1) is 0 Å². The largest absolute Gasteiger partial charge is 0.508 e. The van der Waals surface area contributed by atoms with E-state index in [0.717, 1.165) is 0 Å². The zero-order valence-corrected chi connectivity index (χ0v) is 11.4. The van der Waals surface area contributed by atoms with E-state index < -0.39 is 17.9 Å². The van der Waals surface area contributed by atoms with E-state index in [9.17, 15) is 19.8 Å². The molecule has 1 heterocycles. The number of carbonyl (C=O) groups excluding carboxylic acids is 1. The molecular formula is C15H15NO5. The topological polar surface area (TPSA) is 99.8 Å². The number of aryl methyl sites for hydroxylation is 1. The molecule has 1 unspecified atom stereocenters. The average molecular weight is 289 g/mol. The van der Waals surface area contributed by atoms with Crippen molar-refractivity contribution in [2.75, 3.05) is 0 Å². The van der Waals surface area contributed by atoms with Crippen molar-refractivity contribution in [3.63, 3.8) is 0 Å². The number of carbonyl (C=O) groups is 2. The molecule has 0 saturated heterocycles. The third-order valence-electron chi connectivity index (χ3n) is 3.08. The Kier molecular flexibility index (Phi) is 4.27. The molecule has 2 aromatic rings. The number of rotatable bonds is 5. The maximum Gasteiger partial charge on any atom is 0.326 e. The van der Waals surface area contributed by atoms with Crippen LogP contribution in [0.2, 0.25) is 0 Å². The Balaban J connectivity index is 2.09. The summed E-state index contributed by atoms with van der Waals surface area (Å²) in [5, 5.41) is 20.9. The van der Waals surface area contributed by atoms with Crippen molar-refractivity contribution in [2.24, 2.45) is 0 Å². The van der Waals surface area contributed by atoms with Crippen LogP contribution in [0.5, 0.6) is 5.75 Å². The lowest BCUT2D eigenvalue weighted by Crippen LogP contribution is -2.42. The number of hydrogen-bond donors (Lipinski definition) is 3. The molecule has 2 rings (SSSR count). The van der Waals surface area contributed by atoms with E-state index in [1.54, 1.807) is 19.1 Å². The van der Waals surface area contributed by atoms with Gasteiger partial charge in [-0.25, -0.2) is 4.79 Å². The highest BCUT2D eigenvalue weighted by molar-refractivity contribution is 5.97. The Labute approximate surface area is 121 Å². The molecule has 6 nitrogen and oxygen atoms in total. The monoisotopic (exact) mass is 289 g/mol. The molecule has 6 heteroatoms. The van der Waals surface area contributed by atoms with Crippen molar-refractivity contribution >= 4 is 11.9 Å². The van der Waals surface area contributed by atoms with Crippen LogP contribution in [-0.2, 0) is 11.2 Å². The van der Waals surface area contributed by atoms with Gasteiger partial charge in [-0.1, -0.05) is 12.1 Å². The normalized spacial score (nSPS) is 11.9. The third-order valence-corrected chi connectivity index (χ3v) is 3.08. The molecule has 0 bridgehead atoms. The van der Waals surface area contributed by atoms with Crippen molar-refractivity contribution in [2.45, 2.75) is 19.4 Å². The van der Waals surface area contributed by atoms with Crippen molar-refractivity contribution < 1.29 is 24.2 Å². The SMILES string of the molecule is Cc1occc1C(=O)NC(Cc1ccc(O)cc1)C(=O)O. The van der Waals surface area contributed by atoms with Gasteiger partial charge in [-0.05, 0) is 30.7 Å². The fourth-order valence-corrected chi connectivity index (χ4v) is 1.92. The lowest BCUT2D eigenvalue weighted by atomic mass is 10.1. The molecule has 0 aliphatic heterocycles. The predicted octanol–water partition coefficient (Wildman–Crippen LogP) is 1.72. The van der Waals surface area contributed by atoms with Gasteiger partial charge in [0.05, 0.1) is 11.8 Å². The van der Waals surface area contributed by atoms with Gasteiger partial charge in [-0.3, -0.25) is 4.79 Å². The molecule has 1 amide bonds. The minimum Gasteiger partial charge on any atom is -0.508 e. The highest BCUT2D eigenvalue weighted by Gasteiger charge is 2.22. The van der Waals surface area contributed by atoms with Crippen molar-refractivity contribution in [1.29, 1.82) is 0 Å². The summed E-state index contributed by atoms with van der Waals surface area (Å²) in [6.45, 7) is 1.63. The minimum absolute atomic E-state index is 0.101. The maximum absolute atomic E-state index is 12.0. The van der Waals surface area contributed by atoms with Gasteiger partial charge in [0, 0.05) is 6.42 Å². The van der Waals surface area contributed by atoms with Gasteiger partial charge in [0.1, 0.15) is 17.6 Å². The predicted molar refractivity (Wildman–Crippen MR) is 74.1 cm³/mol. The van der Waals surface area contributed by atoms with E-state index in [-0.39, 0.29) is 12.2 Å². The number of carboxylic acid groups (broad SMARTS) is 1. The first-order valence-corrected chi connectivity index (χ1v) is 6.33. The molecule has 0 radical (unpaired) electrons. The first-order valence-electron chi connectivity index (χ1n) is 6.33. The van der Waals surface area contributed by atoms with Gasteiger partial charge in [0.2, 0.25) is 0 Å². The van der Waals surface area contributed by atoms with Crippen LogP contribution in [0, 0.1) is 6.92 Å². The summed E-state index contributed by atoms with van der Waals surface area (Å²) in [5.74, 6) is -1.09. The number of furan rings is 1. The first kappa shape index (κ1) is 14.6. The zero-order chi connectivity index (χ0) is 15.4. The van der Waals surface area contributed by atoms with Gasteiger partial charge in [0.25, 0.3) is 5.91 Å². The summed E-state index contributed by atoms with van der Waals surface area (Å²) >= 11 is 0. The summed E-state index contributed by atoms with van der Waals surface area (Å²) < 4.78 is 5.02. The van der Waals surface area contributed by atoms with Crippen LogP contribution >= 0.6 is 0 Å². The number of hydrogen-bond acceptors (Lipinski definition) is 4. The second-order valence-electron chi connectivity index (χ2n) is 4.63. The number of nitrogens with one attached hydrogen (secondary N) is 1. The van der Waals surface area contributed by atoms with E-state index in [2.05, 4.69) is 5.32 Å². The third kappa shape index (κ3) is 3.62. The fraction of sp³-hybridized carbons (Fsp3) is 0.200. The first-order chi connectivity index (χ1) is 9.97. The highest BCUT2D eigenvalue weighted by Crippen LogP contribution is 2.13. The van der Waals surface area contributed by atoms with Crippen molar-refractivity contribution in [3.05, 3.63) is 53.5 Å². The molecule has 1 aromatic carbocycles. The molecule has 3 N–H and O–H groups in total. The van der Waals surface area contributed by atoms with Crippen LogP contribution in [0.4, 0.5) is 0 Å². The number of aromatic hydroxyl groups is 1. The van der Waals surface area contributed by atoms with Crippen LogP contribution in [-0.4, -0.2) is 28.1 Å². The van der Waals surface area contributed by atoms with E-state index in [1.165, 1.54) is 24.5 Å². The number of aliphatic carboxylic acids is 1. The molecular weight excluding hydrogens is 274 g/mol. The molecule has 1 aromatic heterocycles. The summed E-state index contributed by atoms with van der Waals surface area (Å²) in [7, 11) is 0. The fourth-order valence-electron chi connectivity index (χ4n) is 1.92. The standard InChI is InChI=1S/C15H15NO5/c1-9-12(6-7-21-9)14(18)16-13(15(19)20)8-10-2-4-11(17)5-3-10/h2-7,13,17H,8H2,1H3,(H,16,18)(H,19,20). The van der Waals surface area contributed by atoms with E-state index in [0.29, 0.717) is 16.9 Å². The Bertz CT molecular complexity index is 644. The quantitative estimate of drug-likeness (QED) is 0.778. The van der Waals surface area contributed by atoms with Crippen molar-refractivity contribution in [3.8, 4) is 5.75 Å². The molecule has 0 saturated carbocycles. The Hall–Kier alpha value is -2.76. The smallest absolute Gasteiger partial charge is 0.326 e. The average Bonchev–Trinajstić information content (AvgIpc) is 2.86. The summed E-state index contributed by atoms with van der Waals surface area (Å²) in [6, 6.07) is 6.59. The van der Waals surface area contributed by atoms with Gasteiger partial charge in [0.15, 0.2) is 0 Å². The lowest BCUT2D eigenvalue weighted by molar-refractivity contribution is -0.139. The number of carboxylic acids is 1. The molecule has 1 atom stereocenters.